The molecule has 0 spiro atoms. The van der Waals surface area contributed by atoms with Crippen molar-refractivity contribution in [1.82, 2.24) is 5.32 Å². The van der Waals surface area contributed by atoms with Gasteiger partial charge in [-0.1, -0.05) is 31.0 Å². The fourth-order valence-corrected chi connectivity index (χ4v) is 3.14. The van der Waals surface area contributed by atoms with Gasteiger partial charge in [0.05, 0.1) is 0 Å². The molecular formula is C19H30N2O2. The molecule has 23 heavy (non-hydrogen) atoms. The molecule has 0 radical (unpaired) electrons. The number of rotatable bonds is 5. The zero-order valence-electron chi connectivity index (χ0n) is 14.6. The fraction of sp³-hybridized carbons (Fsp3) is 0.632. The molecule has 1 fully saturated rings. The zero-order chi connectivity index (χ0) is 16.7. The summed E-state index contributed by atoms with van der Waals surface area (Å²) < 4.78 is 5.35. The number of hydrogen-bond acceptors (Lipinski definition) is 3. The molecule has 0 bridgehead atoms. The van der Waals surface area contributed by atoms with E-state index in [1.165, 1.54) is 18.5 Å². The summed E-state index contributed by atoms with van der Waals surface area (Å²) in [5.74, 6) is 0.667. The van der Waals surface area contributed by atoms with Crippen molar-refractivity contribution in [3.8, 4) is 0 Å². The van der Waals surface area contributed by atoms with Gasteiger partial charge in [-0.3, -0.25) is 0 Å². The number of para-hydroxylation sites is 1. The normalized spacial score (nSPS) is 21.5. The first kappa shape index (κ1) is 17.6. The second kappa shape index (κ2) is 8.23. The summed E-state index contributed by atoms with van der Waals surface area (Å²) in [7, 11) is 0. The molecule has 1 aliphatic rings. The molecule has 1 aromatic rings. The summed E-state index contributed by atoms with van der Waals surface area (Å²) in [4.78, 5) is 11.9. The van der Waals surface area contributed by atoms with Crippen LogP contribution in [0.3, 0.4) is 0 Å². The SMILES string of the molecule is CC(C)(C)OC(=O)N[C@H]1CCC[C@@H](CCNc2ccccc2)C1. The van der Waals surface area contributed by atoms with Crippen LogP contribution in [0.25, 0.3) is 0 Å². The van der Waals surface area contributed by atoms with Crippen molar-refractivity contribution in [3.05, 3.63) is 30.3 Å². The number of alkyl carbamates (subject to hydrolysis) is 1. The molecule has 1 aromatic carbocycles. The van der Waals surface area contributed by atoms with Gasteiger partial charge in [-0.15, -0.1) is 0 Å². The van der Waals surface area contributed by atoms with Crippen molar-refractivity contribution in [1.29, 1.82) is 0 Å². The first-order valence-electron chi connectivity index (χ1n) is 8.71. The minimum atomic E-state index is -0.433. The highest BCUT2D eigenvalue weighted by molar-refractivity contribution is 5.68. The minimum absolute atomic E-state index is 0.250. The summed E-state index contributed by atoms with van der Waals surface area (Å²) in [6, 6.07) is 10.6. The van der Waals surface area contributed by atoms with Gasteiger partial charge < -0.3 is 15.4 Å². The first-order chi connectivity index (χ1) is 10.9. The van der Waals surface area contributed by atoms with Crippen LogP contribution in [-0.4, -0.2) is 24.3 Å². The smallest absolute Gasteiger partial charge is 0.407 e. The predicted molar refractivity (Wildman–Crippen MR) is 94.7 cm³/mol. The van der Waals surface area contributed by atoms with E-state index in [9.17, 15) is 4.79 Å². The van der Waals surface area contributed by atoms with Crippen LogP contribution in [0.2, 0.25) is 0 Å². The van der Waals surface area contributed by atoms with Crippen molar-refractivity contribution in [2.24, 2.45) is 5.92 Å². The number of anilines is 1. The van der Waals surface area contributed by atoms with Crippen LogP contribution < -0.4 is 10.6 Å². The zero-order valence-corrected chi connectivity index (χ0v) is 14.6. The molecule has 1 saturated carbocycles. The maximum atomic E-state index is 11.9. The Labute approximate surface area is 140 Å². The topological polar surface area (TPSA) is 50.4 Å². The van der Waals surface area contributed by atoms with Gasteiger partial charge in [0.1, 0.15) is 5.60 Å². The second-order valence-electron chi connectivity index (χ2n) is 7.46. The highest BCUT2D eigenvalue weighted by Gasteiger charge is 2.25. The van der Waals surface area contributed by atoms with E-state index in [1.54, 1.807) is 0 Å². The van der Waals surface area contributed by atoms with Crippen molar-refractivity contribution in [2.45, 2.75) is 64.5 Å². The monoisotopic (exact) mass is 318 g/mol. The number of carbonyl (C=O) groups is 1. The third-order valence-electron chi connectivity index (χ3n) is 4.16. The molecule has 2 rings (SSSR count). The molecule has 1 aliphatic carbocycles. The van der Waals surface area contributed by atoms with Crippen molar-refractivity contribution in [2.75, 3.05) is 11.9 Å². The van der Waals surface area contributed by atoms with Crippen LogP contribution in [0, 0.1) is 5.92 Å². The molecule has 0 unspecified atom stereocenters. The maximum Gasteiger partial charge on any atom is 0.407 e. The largest absolute Gasteiger partial charge is 0.444 e. The van der Waals surface area contributed by atoms with Crippen LogP contribution in [0.15, 0.2) is 30.3 Å². The number of amides is 1. The van der Waals surface area contributed by atoms with E-state index in [2.05, 4.69) is 22.8 Å². The Bertz CT molecular complexity index is 482. The van der Waals surface area contributed by atoms with Gasteiger partial charge >= 0.3 is 6.09 Å². The van der Waals surface area contributed by atoms with Gasteiger partial charge in [-0.05, 0) is 58.1 Å². The quantitative estimate of drug-likeness (QED) is 0.836. The molecule has 0 heterocycles. The Kier molecular flexibility index (Phi) is 6.31. The summed E-state index contributed by atoms with van der Waals surface area (Å²) in [5.41, 5.74) is 0.740. The van der Waals surface area contributed by atoms with Gasteiger partial charge in [0.2, 0.25) is 0 Å². The van der Waals surface area contributed by atoms with E-state index in [-0.39, 0.29) is 12.1 Å². The molecule has 4 heteroatoms. The van der Waals surface area contributed by atoms with E-state index < -0.39 is 5.60 Å². The van der Waals surface area contributed by atoms with Gasteiger partial charge in [0.25, 0.3) is 0 Å². The van der Waals surface area contributed by atoms with Crippen molar-refractivity contribution < 1.29 is 9.53 Å². The fourth-order valence-electron chi connectivity index (χ4n) is 3.14. The Morgan fingerprint density at radius 1 is 1.22 bits per heavy atom. The molecule has 0 aliphatic heterocycles. The van der Waals surface area contributed by atoms with Crippen molar-refractivity contribution in [3.63, 3.8) is 0 Å². The van der Waals surface area contributed by atoms with Gasteiger partial charge in [-0.2, -0.15) is 0 Å². The van der Waals surface area contributed by atoms with Crippen LogP contribution in [-0.2, 0) is 4.74 Å². The third-order valence-corrected chi connectivity index (χ3v) is 4.16. The summed E-state index contributed by atoms with van der Waals surface area (Å²) >= 11 is 0. The lowest BCUT2D eigenvalue weighted by Crippen LogP contribution is -2.41. The molecule has 128 valence electrons. The predicted octanol–water partition coefficient (Wildman–Crippen LogP) is 4.57. The standard InChI is InChI=1S/C19H30N2O2/c1-19(2,3)23-18(22)21-17-11-7-8-15(14-17)12-13-20-16-9-5-4-6-10-16/h4-6,9-10,15,17,20H,7-8,11-14H2,1-3H3,(H,21,22)/t15-,17-/m0/s1. The van der Waals surface area contributed by atoms with Crippen LogP contribution in [0.1, 0.15) is 52.9 Å². The Morgan fingerprint density at radius 3 is 2.65 bits per heavy atom. The van der Waals surface area contributed by atoms with E-state index >= 15 is 0 Å². The molecule has 2 N–H and O–H groups in total. The summed E-state index contributed by atoms with van der Waals surface area (Å²) in [6.45, 7) is 6.66. The first-order valence-corrected chi connectivity index (χ1v) is 8.71. The van der Waals surface area contributed by atoms with Crippen LogP contribution in [0.5, 0.6) is 0 Å². The van der Waals surface area contributed by atoms with Gasteiger partial charge in [0.15, 0.2) is 0 Å². The molecule has 0 saturated heterocycles. The second-order valence-corrected chi connectivity index (χ2v) is 7.46. The Morgan fingerprint density at radius 2 is 1.96 bits per heavy atom. The number of carbonyl (C=O) groups excluding carboxylic acids is 1. The molecule has 2 atom stereocenters. The van der Waals surface area contributed by atoms with Crippen LogP contribution >= 0.6 is 0 Å². The lowest BCUT2D eigenvalue weighted by Gasteiger charge is -2.30. The average molecular weight is 318 g/mol. The number of ether oxygens (including phenoxy) is 1. The number of benzene rings is 1. The highest BCUT2D eigenvalue weighted by atomic mass is 16.6. The van der Waals surface area contributed by atoms with Gasteiger partial charge in [0, 0.05) is 18.3 Å². The van der Waals surface area contributed by atoms with E-state index in [1.807, 2.05) is 39.0 Å². The van der Waals surface area contributed by atoms with E-state index in [4.69, 9.17) is 4.74 Å². The lowest BCUT2D eigenvalue weighted by molar-refractivity contribution is 0.0484. The summed E-state index contributed by atoms with van der Waals surface area (Å²) in [6.07, 6.45) is 5.39. The third kappa shape index (κ3) is 6.93. The number of hydrogen-bond donors (Lipinski definition) is 2. The van der Waals surface area contributed by atoms with Crippen LogP contribution in [0.4, 0.5) is 10.5 Å². The van der Waals surface area contributed by atoms with E-state index in [0.29, 0.717) is 5.92 Å². The number of nitrogens with one attached hydrogen (secondary N) is 2. The van der Waals surface area contributed by atoms with Gasteiger partial charge in [-0.25, -0.2) is 4.79 Å². The lowest BCUT2D eigenvalue weighted by atomic mass is 9.84. The molecular weight excluding hydrogens is 288 g/mol. The summed E-state index contributed by atoms with van der Waals surface area (Å²) in [5, 5.41) is 6.50. The molecule has 1 amide bonds. The maximum absolute atomic E-state index is 11.9. The van der Waals surface area contributed by atoms with Crippen molar-refractivity contribution >= 4 is 11.8 Å². The molecule has 4 nitrogen and oxygen atoms in total. The average Bonchev–Trinajstić information content (AvgIpc) is 2.46. The Balaban J connectivity index is 1.70. The van der Waals surface area contributed by atoms with E-state index in [0.717, 1.165) is 25.8 Å². The Hall–Kier alpha value is -1.71. The highest BCUT2D eigenvalue weighted by Crippen LogP contribution is 2.27. The minimum Gasteiger partial charge on any atom is -0.444 e. The molecule has 0 aromatic heterocycles.